The smallest absolute Gasteiger partial charge is 0.329 e. The van der Waals surface area contributed by atoms with Crippen LogP contribution >= 0.6 is 0 Å². The fourth-order valence-corrected chi connectivity index (χ4v) is 2.81. The first-order valence-corrected chi connectivity index (χ1v) is 8.14. The van der Waals surface area contributed by atoms with Crippen LogP contribution in [0.25, 0.3) is 11.0 Å². The summed E-state index contributed by atoms with van der Waals surface area (Å²) in [5.41, 5.74) is 2.35. The average Bonchev–Trinajstić information content (AvgIpc) is 2.87. The second-order valence-corrected chi connectivity index (χ2v) is 6.24. The number of hydrogen-bond acceptors (Lipinski definition) is 3. The summed E-state index contributed by atoms with van der Waals surface area (Å²) in [5, 5.41) is 2.75. The molecule has 0 aliphatic rings. The van der Waals surface area contributed by atoms with Gasteiger partial charge in [0.1, 0.15) is 6.54 Å². The Balaban J connectivity index is 1.77. The number of carbonyl (C=O) groups excluding carboxylic acids is 2. The van der Waals surface area contributed by atoms with E-state index in [1.54, 1.807) is 45.4 Å². The van der Waals surface area contributed by atoms with Gasteiger partial charge in [-0.05, 0) is 36.4 Å². The molecule has 2 amide bonds. The maximum absolute atomic E-state index is 12.4. The van der Waals surface area contributed by atoms with Crippen LogP contribution < -0.4 is 11.0 Å². The molecule has 0 spiro atoms. The van der Waals surface area contributed by atoms with Crippen molar-refractivity contribution in [3.05, 3.63) is 64.6 Å². The molecule has 0 saturated heterocycles. The molecule has 7 nitrogen and oxygen atoms in total. The number of aromatic nitrogens is 2. The van der Waals surface area contributed by atoms with E-state index in [0.29, 0.717) is 16.8 Å². The number of imidazole rings is 1. The number of anilines is 1. The van der Waals surface area contributed by atoms with Crippen molar-refractivity contribution in [3.63, 3.8) is 0 Å². The molecule has 0 atom stereocenters. The van der Waals surface area contributed by atoms with Crippen LogP contribution in [0.4, 0.5) is 5.69 Å². The van der Waals surface area contributed by atoms with Crippen molar-refractivity contribution in [1.29, 1.82) is 0 Å². The molecular formula is C19H20N4O3. The number of nitrogens with zero attached hydrogens (tertiary/aromatic N) is 3. The fraction of sp³-hybridized carbons (Fsp3) is 0.211. The summed E-state index contributed by atoms with van der Waals surface area (Å²) in [4.78, 5) is 38.1. The second kappa shape index (κ2) is 6.87. The summed E-state index contributed by atoms with van der Waals surface area (Å²) in [7, 11) is 5.04. The summed E-state index contributed by atoms with van der Waals surface area (Å²) in [6, 6.07) is 14.0. The average molecular weight is 352 g/mol. The number of para-hydroxylation sites is 2. The van der Waals surface area contributed by atoms with Gasteiger partial charge in [0.15, 0.2) is 0 Å². The van der Waals surface area contributed by atoms with E-state index in [1.165, 1.54) is 14.0 Å². The van der Waals surface area contributed by atoms with Crippen LogP contribution in [-0.4, -0.2) is 39.9 Å². The molecule has 2 aromatic carbocycles. The minimum Gasteiger partial charge on any atom is -0.345 e. The predicted octanol–water partition coefficient (Wildman–Crippen LogP) is 1.68. The summed E-state index contributed by atoms with van der Waals surface area (Å²) in [6.07, 6.45) is 0. The first kappa shape index (κ1) is 17.5. The van der Waals surface area contributed by atoms with Crippen LogP contribution in [0.1, 0.15) is 10.4 Å². The quantitative estimate of drug-likeness (QED) is 0.776. The lowest BCUT2D eigenvalue weighted by Crippen LogP contribution is -2.28. The molecule has 1 aromatic heterocycles. The highest BCUT2D eigenvalue weighted by Crippen LogP contribution is 2.13. The molecule has 0 saturated carbocycles. The van der Waals surface area contributed by atoms with Gasteiger partial charge in [0, 0.05) is 32.4 Å². The third kappa shape index (κ3) is 3.23. The highest BCUT2D eigenvalue weighted by atomic mass is 16.2. The lowest BCUT2D eigenvalue weighted by atomic mass is 10.2. The molecule has 0 fully saturated rings. The molecule has 7 heteroatoms. The molecule has 0 aliphatic heterocycles. The molecule has 1 heterocycles. The predicted molar refractivity (Wildman–Crippen MR) is 100 cm³/mol. The number of carbonyl (C=O) groups is 2. The largest absolute Gasteiger partial charge is 0.345 e. The zero-order valence-electron chi connectivity index (χ0n) is 14.9. The van der Waals surface area contributed by atoms with Crippen molar-refractivity contribution in [2.45, 2.75) is 6.54 Å². The Labute approximate surface area is 150 Å². The Bertz CT molecular complexity index is 1030. The number of fused-ring (bicyclic) bond motifs is 1. The standard InChI is InChI=1S/C19H20N4O3/c1-21(2)18(25)13-8-10-14(11-9-13)20-17(24)12-23-16-7-5-4-6-15(16)22(3)19(23)26/h4-11H,12H2,1-3H3,(H,20,24). The van der Waals surface area contributed by atoms with Gasteiger partial charge in [0.25, 0.3) is 5.91 Å². The van der Waals surface area contributed by atoms with Gasteiger partial charge in [-0.1, -0.05) is 12.1 Å². The molecule has 0 aliphatic carbocycles. The van der Waals surface area contributed by atoms with Crippen LogP contribution in [0.2, 0.25) is 0 Å². The van der Waals surface area contributed by atoms with Crippen LogP contribution in [0.5, 0.6) is 0 Å². The Morgan fingerprint density at radius 2 is 1.62 bits per heavy atom. The molecule has 26 heavy (non-hydrogen) atoms. The van der Waals surface area contributed by atoms with Crippen LogP contribution in [0.15, 0.2) is 53.3 Å². The van der Waals surface area contributed by atoms with Crippen molar-refractivity contribution >= 4 is 28.5 Å². The molecule has 0 bridgehead atoms. The topological polar surface area (TPSA) is 76.3 Å². The van der Waals surface area contributed by atoms with Gasteiger partial charge in [-0.25, -0.2) is 4.79 Å². The molecule has 1 N–H and O–H groups in total. The lowest BCUT2D eigenvalue weighted by molar-refractivity contribution is -0.116. The van der Waals surface area contributed by atoms with E-state index in [-0.39, 0.29) is 24.0 Å². The summed E-state index contributed by atoms with van der Waals surface area (Å²) >= 11 is 0. The third-order valence-electron chi connectivity index (χ3n) is 4.18. The number of benzene rings is 2. The fourth-order valence-electron chi connectivity index (χ4n) is 2.81. The maximum atomic E-state index is 12.4. The Morgan fingerprint density at radius 3 is 2.23 bits per heavy atom. The van der Waals surface area contributed by atoms with Crippen LogP contribution in [-0.2, 0) is 18.4 Å². The van der Waals surface area contributed by atoms with E-state index in [1.807, 2.05) is 24.3 Å². The number of rotatable bonds is 4. The van der Waals surface area contributed by atoms with Gasteiger partial charge in [-0.3, -0.25) is 18.7 Å². The second-order valence-electron chi connectivity index (χ2n) is 6.24. The minimum atomic E-state index is -0.310. The number of hydrogen-bond donors (Lipinski definition) is 1. The van der Waals surface area contributed by atoms with E-state index >= 15 is 0 Å². The van der Waals surface area contributed by atoms with Crippen molar-refractivity contribution < 1.29 is 9.59 Å². The van der Waals surface area contributed by atoms with E-state index in [4.69, 9.17) is 0 Å². The van der Waals surface area contributed by atoms with E-state index in [9.17, 15) is 14.4 Å². The zero-order valence-corrected chi connectivity index (χ0v) is 14.9. The monoisotopic (exact) mass is 352 g/mol. The van der Waals surface area contributed by atoms with E-state index in [0.717, 1.165) is 5.52 Å². The Kier molecular flexibility index (Phi) is 4.62. The number of aryl methyl sites for hydroxylation is 1. The van der Waals surface area contributed by atoms with Gasteiger partial charge < -0.3 is 10.2 Å². The molecule has 134 valence electrons. The van der Waals surface area contributed by atoms with Crippen LogP contribution in [0.3, 0.4) is 0 Å². The summed E-state index contributed by atoms with van der Waals surface area (Å²) in [6.45, 7) is -0.0848. The Morgan fingerprint density at radius 1 is 1.00 bits per heavy atom. The van der Waals surface area contributed by atoms with Crippen molar-refractivity contribution in [2.75, 3.05) is 19.4 Å². The van der Waals surface area contributed by atoms with Gasteiger partial charge >= 0.3 is 5.69 Å². The van der Waals surface area contributed by atoms with Gasteiger partial charge in [-0.15, -0.1) is 0 Å². The van der Waals surface area contributed by atoms with Crippen LogP contribution in [0, 0.1) is 0 Å². The highest BCUT2D eigenvalue weighted by Gasteiger charge is 2.13. The third-order valence-corrected chi connectivity index (χ3v) is 4.18. The first-order valence-electron chi connectivity index (χ1n) is 8.14. The first-order chi connectivity index (χ1) is 12.4. The number of amides is 2. The number of nitrogens with one attached hydrogen (secondary N) is 1. The van der Waals surface area contributed by atoms with Gasteiger partial charge in [0.05, 0.1) is 11.0 Å². The molecule has 0 radical (unpaired) electrons. The normalized spacial score (nSPS) is 10.7. The lowest BCUT2D eigenvalue weighted by Gasteiger charge is -2.11. The van der Waals surface area contributed by atoms with Crippen molar-refractivity contribution in [1.82, 2.24) is 14.0 Å². The van der Waals surface area contributed by atoms with Gasteiger partial charge in [-0.2, -0.15) is 0 Å². The molecule has 0 unspecified atom stereocenters. The minimum absolute atomic E-state index is 0.0848. The Hall–Kier alpha value is -3.35. The summed E-state index contributed by atoms with van der Waals surface area (Å²) in [5.74, 6) is -0.416. The highest BCUT2D eigenvalue weighted by molar-refractivity contribution is 5.95. The van der Waals surface area contributed by atoms with Crippen molar-refractivity contribution in [3.8, 4) is 0 Å². The SMILES string of the molecule is CN(C)C(=O)c1ccc(NC(=O)Cn2c(=O)n(C)c3ccccc32)cc1. The maximum Gasteiger partial charge on any atom is 0.329 e. The molecule has 3 aromatic rings. The molecule has 3 rings (SSSR count). The zero-order chi connectivity index (χ0) is 18.8. The molecular weight excluding hydrogens is 332 g/mol. The van der Waals surface area contributed by atoms with E-state index in [2.05, 4.69) is 5.32 Å². The summed E-state index contributed by atoms with van der Waals surface area (Å²) < 4.78 is 2.96. The van der Waals surface area contributed by atoms with Gasteiger partial charge in [0.2, 0.25) is 5.91 Å². The van der Waals surface area contributed by atoms with Crippen molar-refractivity contribution in [2.24, 2.45) is 7.05 Å². The van der Waals surface area contributed by atoms with E-state index < -0.39 is 0 Å².